The summed E-state index contributed by atoms with van der Waals surface area (Å²) >= 11 is 1.85. The highest BCUT2D eigenvalue weighted by atomic mass is 32.2. The highest BCUT2D eigenvalue weighted by Gasteiger charge is 2.20. The van der Waals surface area contributed by atoms with Gasteiger partial charge in [-0.05, 0) is 23.6 Å². The highest BCUT2D eigenvalue weighted by molar-refractivity contribution is 7.99. The van der Waals surface area contributed by atoms with Crippen LogP contribution < -0.4 is 5.32 Å². The first kappa shape index (κ1) is 12.4. The summed E-state index contributed by atoms with van der Waals surface area (Å²) in [4.78, 5) is 12.2. The number of phenolic OH excluding ortho intramolecular Hbond substituents is 1. The monoisotopic (exact) mass is 273 g/mol. The summed E-state index contributed by atoms with van der Waals surface area (Å²) in [5, 5.41) is 14.9. The molecule has 98 valence electrons. The molecular formula is C15H15NO2S. The Labute approximate surface area is 116 Å². The summed E-state index contributed by atoms with van der Waals surface area (Å²) in [6.45, 7) is 0. The zero-order chi connectivity index (χ0) is 13.2. The second kappa shape index (κ2) is 5.13. The Balaban J connectivity index is 1.91. The number of phenols is 1. The molecule has 2 N–H and O–H groups in total. The van der Waals surface area contributed by atoms with Crippen molar-refractivity contribution in [1.29, 1.82) is 0 Å². The number of fused-ring (bicyclic) bond motifs is 1. The first-order chi connectivity index (χ1) is 9.25. The number of aromatic hydroxyl groups is 1. The molecule has 0 saturated carbocycles. The van der Waals surface area contributed by atoms with Gasteiger partial charge in [0.15, 0.2) is 0 Å². The van der Waals surface area contributed by atoms with Crippen molar-refractivity contribution in [3.63, 3.8) is 0 Å². The molecule has 3 nitrogen and oxygen atoms in total. The lowest BCUT2D eigenvalue weighted by Gasteiger charge is -2.13. The van der Waals surface area contributed by atoms with E-state index in [1.54, 1.807) is 6.07 Å². The van der Waals surface area contributed by atoms with Crippen molar-refractivity contribution in [3.05, 3.63) is 42.0 Å². The molecule has 2 aromatic carbocycles. The Morgan fingerprint density at radius 3 is 2.89 bits per heavy atom. The maximum atomic E-state index is 12.2. The molecule has 0 aliphatic carbocycles. The van der Waals surface area contributed by atoms with Crippen LogP contribution in [0, 0.1) is 0 Å². The second-order valence-corrected chi connectivity index (χ2v) is 5.87. The summed E-state index contributed by atoms with van der Waals surface area (Å²) in [6.07, 6.45) is 1.00. The van der Waals surface area contributed by atoms with Gasteiger partial charge in [-0.25, -0.2) is 0 Å². The molecule has 2 aromatic rings. The highest BCUT2D eigenvalue weighted by Crippen LogP contribution is 2.28. The van der Waals surface area contributed by atoms with E-state index in [2.05, 4.69) is 5.32 Å². The average molecular weight is 273 g/mol. The molecule has 0 radical (unpaired) electrons. The third-order valence-electron chi connectivity index (χ3n) is 3.41. The predicted octanol–water partition coefficient (Wildman–Crippen LogP) is 2.78. The minimum Gasteiger partial charge on any atom is -0.506 e. The van der Waals surface area contributed by atoms with E-state index in [1.807, 2.05) is 42.1 Å². The fourth-order valence-corrected chi connectivity index (χ4v) is 3.50. The van der Waals surface area contributed by atoms with Crippen molar-refractivity contribution in [2.75, 3.05) is 11.5 Å². The zero-order valence-electron chi connectivity index (χ0n) is 10.4. The van der Waals surface area contributed by atoms with Crippen molar-refractivity contribution in [2.24, 2.45) is 0 Å². The molecule has 1 unspecified atom stereocenters. The van der Waals surface area contributed by atoms with Crippen molar-refractivity contribution >= 4 is 28.4 Å². The molecule has 1 heterocycles. The molecule has 3 rings (SSSR count). The van der Waals surface area contributed by atoms with E-state index in [1.165, 1.54) is 0 Å². The lowest BCUT2D eigenvalue weighted by Crippen LogP contribution is -2.34. The SMILES string of the molecule is O=C(NC1CCSC1)c1ccc2ccccc2c1O. The average Bonchev–Trinajstić information content (AvgIpc) is 2.92. The van der Waals surface area contributed by atoms with Gasteiger partial charge in [0.2, 0.25) is 0 Å². The number of benzene rings is 2. The third kappa shape index (κ3) is 2.40. The van der Waals surface area contributed by atoms with Gasteiger partial charge < -0.3 is 10.4 Å². The molecule has 19 heavy (non-hydrogen) atoms. The van der Waals surface area contributed by atoms with Gasteiger partial charge in [-0.15, -0.1) is 0 Å². The predicted molar refractivity (Wildman–Crippen MR) is 78.8 cm³/mol. The van der Waals surface area contributed by atoms with E-state index in [-0.39, 0.29) is 17.7 Å². The van der Waals surface area contributed by atoms with Crippen molar-refractivity contribution in [1.82, 2.24) is 5.32 Å². The normalized spacial score (nSPS) is 18.6. The first-order valence-electron chi connectivity index (χ1n) is 6.35. The Kier molecular flexibility index (Phi) is 3.34. The van der Waals surface area contributed by atoms with Gasteiger partial charge in [0.1, 0.15) is 5.75 Å². The lowest BCUT2D eigenvalue weighted by molar-refractivity contribution is 0.0939. The van der Waals surface area contributed by atoms with E-state index in [9.17, 15) is 9.90 Å². The van der Waals surface area contributed by atoms with Crippen molar-refractivity contribution in [2.45, 2.75) is 12.5 Å². The number of carbonyl (C=O) groups excluding carboxylic acids is 1. The molecule has 1 atom stereocenters. The molecule has 1 aliphatic heterocycles. The van der Waals surface area contributed by atoms with Crippen LogP contribution in [0.25, 0.3) is 10.8 Å². The summed E-state index contributed by atoms with van der Waals surface area (Å²) in [5.74, 6) is 1.94. The van der Waals surface area contributed by atoms with Gasteiger partial charge in [0, 0.05) is 17.2 Å². The van der Waals surface area contributed by atoms with Crippen LogP contribution in [-0.2, 0) is 0 Å². The molecular weight excluding hydrogens is 258 g/mol. The van der Waals surface area contributed by atoms with Gasteiger partial charge in [-0.3, -0.25) is 4.79 Å². The quantitative estimate of drug-likeness (QED) is 0.884. The smallest absolute Gasteiger partial charge is 0.255 e. The Morgan fingerprint density at radius 2 is 2.11 bits per heavy atom. The summed E-state index contributed by atoms with van der Waals surface area (Å²) in [6, 6.07) is 11.3. The number of rotatable bonds is 2. The van der Waals surface area contributed by atoms with Crippen LogP contribution in [0.15, 0.2) is 36.4 Å². The molecule has 1 saturated heterocycles. The van der Waals surface area contributed by atoms with Gasteiger partial charge in [-0.1, -0.05) is 30.3 Å². The van der Waals surface area contributed by atoms with Crippen molar-refractivity contribution < 1.29 is 9.90 Å². The van der Waals surface area contributed by atoms with Gasteiger partial charge in [0.05, 0.1) is 5.56 Å². The zero-order valence-corrected chi connectivity index (χ0v) is 11.2. The number of hydrogen-bond acceptors (Lipinski definition) is 3. The van der Waals surface area contributed by atoms with Crippen LogP contribution in [0.4, 0.5) is 0 Å². The Hall–Kier alpha value is -1.68. The molecule has 1 aliphatic rings. The van der Waals surface area contributed by atoms with Crippen LogP contribution in [0.3, 0.4) is 0 Å². The summed E-state index contributed by atoms with van der Waals surface area (Å²) in [7, 11) is 0. The van der Waals surface area contributed by atoms with Gasteiger partial charge in [-0.2, -0.15) is 11.8 Å². The Morgan fingerprint density at radius 1 is 1.26 bits per heavy atom. The standard InChI is InChI=1S/C15H15NO2S/c17-14-12-4-2-1-3-10(12)5-6-13(14)15(18)16-11-7-8-19-9-11/h1-6,11,17H,7-9H2,(H,16,18). The second-order valence-electron chi connectivity index (χ2n) is 4.72. The maximum Gasteiger partial charge on any atom is 0.255 e. The minimum absolute atomic E-state index is 0.0706. The van der Waals surface area contributed by atoms with Gasteiger partial charge >= 0.3 is 0 Å². The number of hydrogen-bond donors (Lipinski definition) is 2. The molecule has 4 heteroatoms. The van der Waals surface area contributed by atoms with E-state index < -0.39 is 0 Å². The van der Waals surface area contributed by atoms with Crippen LogP contribution in [0.5, 0.6) is 5.75 Å². The molecule has 1 fully saturated rings. The number of nitrogens with one attached hydrogen (secondary N) is 1. The van der Waals surface area contributed by atoms with Crippen LogP contribution in [-0.4, -0.2) is 28.6 Å². The number of carbonyl (C=O) groups is 1. The topological polar surface area (TPSA) is 49.3 Å². The van der Waals surface area contributed by atoms with E-state index in [0.29, 0.717) is 5.56 Å². The summed E-state index contributed by atoms with van der Waals surface area (Å²) < 4.78 is 0. The largest absolute Gasteiger partial charge is 0.506 e. The van der Waals surface area contributed by atoms with Gasteiger partial charge in [0.25, 0.3) is 5.91 Å². The molecule has 0 spiro atoms. The van der Waals surface area contributed by atoms with E-state index in [0.717, 1.165) is 28.7 Å². The number of thioether (sulfide) groups is 1. The van der Waals surface area contributed by atoms with E-state index >= 15 is 0 Å². The molecule has 0 aromatic heterocycles. The fraction of sp³-hybridized carbons (Fsp3) is 0.267. The summed E-state index contributed by atoms with van der Waals surface area (Å²) in [5.41, 5.74) is 0.357. The fourth-order valence-electron chi connectivity index (χ4n) is 2.35. The van der Waals surface area contributed by atoms with Crippen LogP contribution >= 0.6 is 11.8 Å². The number of amides is 1. The molecule has 1 amide bonds. The lowest BCUT2D eigenvalue weighted by atomic mass is 10.0. The maximum absolute atomic E-state index is 12.2. The molecule has 0 bridgehead atoms. The van der Waals surface area contributed by atoms with Crippen LogP contribution in [0.1, 0.15) is 16.8 Å². The van der Waals surface area contributed by atoms with Crippen LogP contribution in [0.2, 0.25) is 0 Å². The minimum atomic E-state index is -0.184. The van der Waals surface area contributed by atoms with E-state index in [4.69, 9.17) is 0 Å². The first-order valence-corrected chi connectivity index (χ1v) is 7.50. The Bertz CT molecular complexity index is 621. The van der Waals surface area contributed by atoms with Crippen molar-refractivity contribution in [3.8, 4) is 5.75 Å². The third-order valence-corrected chi connectivity index (χ3v) is 4.57.